The Morgan fingerprint density at radius 3 is 2.53 bits per heavy atom. The molecule has 0 radical (unpaired) electrons. The van der Waals surface area contributed by atoms with Gasteiger partial charge in [-0.2, -0.15) is 0 Å². The molecule has 1 heterocycles. The molecule has 0 aromatic heterocycles. The number of rotatable bonds is 3. The van der Waals surface area contributed by atoms with Gasteiger partial charge in [0.25, 0.3) is 0 Å². The van der Waals surface area contributed by atoms with Crippen LogP contribution in [0.5, 0.6) is 0 Å². The molecule has 0 atom stereocenters. The van der Waals surface area contributed by atoms with E-state index in [0.717, 1.165) is 36.0 Å². The number of halogens is 1. The van der Waals surface area contributed by atoms with Crippen LogP contribution < -0.4 is 0 Å². The molecule has 3 nitrogen and oxygen atoms in total. The smallest absolute Gasteiger partial charge is 0.246 e. The number of carbonyl (C=O) groups excluding carboxylic acids is 1. The Morgan fingerprint density at radius 1 is 1.32 bits per heavy atom. The number of piperidine rings is 1. The van der Waals surface area contributed by atoms with Crippen molar-refractivity contribution in [3.63, 3.8) is 0 Å². The number of carbonyl (C=O) groups is 1. The molecule has 0 spiro atoms. The molecule has 0 saturated carbocycles. The minimum Gasteiger partial charge on any atom is -0.396 e. The highest BCUT2D eigenvalue weighted by molar-refractivity contribution is 9.10. The fourth-order valence-corrected chi connectivity index (χ4v) is 2.45. The summed E-state index contributed by atoms with van der Waals surface area (Å²) in [5.41, 5.74) is 1.02. The van der Waals surface area contributed by atoms with Crippen LogP contribution in [0, 0.1) is 5.92 Å². The maximum Gasteiger partial charge on any atom is 0.246 e. The van der Waals surface area contributed by atoms with Crippen molar-refractivity contribution >= 4 is 27.9 Å². The topological polar surface area (TPSA) is 40.5 Å². The molecule has 1 saturated heterocycles. The second-order valence-electron chi connectivity index (χ2n) is 4.84. The quantitative estimate of drug-likeness (QED) is 0.869. The molecule has 1 N–H and O–H groups in total. The molecule has 0 bridgehead atoms. The van der Waals surface area contributed by atoms with Crippen LogP contribution >= 0.6 is 15.9 Å². The van der Waals surface area contributed by atoms with E-state index in [2.05, 4.69) is 15.9 Å². The van der Waals surface area contributed by atoms with Crippen LogP contribution in [0.15, 0.2) is 34.8 Å². The normalized spacial score (nSPS) is 17.1. The van der Waals surface area contributed by atoms with Gasteiger partial charge in [-0.3, -0.25) is 4.79 Å². The molecular formula is C15H18BrNO2. The second-order valence-corrected chi connectivity index (χ2v) is 5.75. The first-order valence-corrected chi connectivity index (χ1v) is 7.32. The highest BCUT2D eigenvalue weighted by atomic mass is 79.9. The molecule has 1 amide bonds. The summed E-state index contributed by atoms with van der Waals surface area (Å²) in [4.78, 5) is 13.8. The number of benzene rings is 1. The highest BCUT2D eigenvalue weighted by Gasteiger charge is 2.20. The maximum absolute atomic E-state index is 12.0. The fourth-order valence-electron chi connectivity index (χ4n) is 2.18. The van der Waals surface area contributed by atoms with Gasteiger partial charge in [0, 0.05) is 30.2 Å². The van der Waals surface area contributed by atoms with Gasteiger partial charge in [0.15, 0.2) is 0 Å². The zero-order valence-corrected chi connectivity index (χ0v) is 12.3. The molecule has 1 aromatic rings. The number of aliphatic hydroxyl groups is 1. The van der Waals surface area contributed by atoms with Crippen molar-refractivity contribution in [2.75, 3.05) is 19.7 Å². The Balaban J connectivity index is 1.89. The molecule has 1 aliphatic rings. The van der Waals surface area contributed by atoms with Gasteiger partial charge in [0.1, 0.15) is 0 Å². The highest BCUT2D eigenvalue weighted by Crippen LogP contribution is 2.17. The van der Waals surface area contributed by atoms with Gasteiger partial charge < -0.3 is 10.0 Å². The molecule has 102 valence electrons. The third-order valence-electron chi connectivity index (χ3n) is 3.47. The van der Waals surface area contributed by atoms with Crippen LogP contribution in [0.25, 0.3) is 6.08 Å². The summed E-state index contributed by atoms with van der Waals surface area (Å²) < 4.78 is 1.03. The largest absolute Gasteiger partial charge is 0.396 e. The third kappa shape index (κ3) is 4.18. The SMILES string of the molecule is O=C(/C=C/c1ccc(Br)cc1)N1CCC(CO)CC1. The maximum atomic E-state index is 12.0. The zero-order valence-electron chi connectivity index (χ0n) is 10.8. The number of amides is 1. The average molecular weight is 324 g/mol. The Bertz CT molecular complexity index is 448. The predicted molar refractivity (Wildman–Crippen MR) is 79.6 cm³/mol. The van der Waals surface area contributed by atoms with E-state index < -0.39 is 0 Å². The lowest BCUT2D eigenvalue weighted by atomic mass is 9.98. The van der Waals surface area contributed by atoms with Crippen LogP contribution in [-0.2, 0) is 4.79 Å². The van der Waals surface area contributed by atoms with Crippen molar-refractivity contribution in [1.29, 1.82) is 0 Å². The van der Waals surface area contributed by atoms with E-state index in [1.54, 1.807) is 6.08 Å². The number of hydrogen-bond acceptors (Lipinski definition) is 2. The first-order chi connectivity index (χ1) is 9.19. The predicted octanol–water partition coefficient (Wildman–Crippen LogP) is 2.69. The third-order valence-corrected chi connectivity index (χ3v) is 4.00. The number of hydrogen-bond donors (Lipinski definition) is 1. The van der Waals surface area contributed by atoms with Crippen LogP contribution in [0.1, 0.15) is 18.4 Å². The van der Waals surface area contributed by atoms with Gasteiger partial charge in [-0.1, -0.05) is 28.1 Å². The van der Waals surface area contributed by atoms with Gasteiger partial charge in [-0.15, -0.1) is 0 Å². The first kappa shape index (κ1) is 14.3. The summed E-state index contributed by atoms with van der Waals surface area (Å²) in [6.07, 6.45) is 5.26. The van der Waals surface area contributed by atoms with Gasteiger partial charge in [0.2, 0.25) is 5.91 Å². The first-order valence-electron chi connectivity index (χ1n) is 6.52. The molecule has 1 aromatic carbocycles. The molecule has 1 fully saturated rings. The summed E-state index contributed by atoms with van der Waals surface area (Å²) in [6, 6.07) is 7.84. The lowest BCUT2D eigenvalue weighted by Gasteiger charge is -2.30. The molecule has 0 aliphatic carbocycles. The Morgan fingerprint density at radius 2 is 1.95 bits per heavy atom. The summed E-state index contributed by atoms with van der Waals surface area (Å²) in [6.45, 7) is 1.72. The van der Waals surface area contributed by atoms with E-state index >= 15 is 0 Å². The average Bonchev–Trinajstić information content (AvgIpc) is 2.46. The lowest BCUT2D eigenvalue weighted by molar-refractivity contribution is -0.127. The van der Waals surface area contributed by atoms with Crippen LogP contribution in [-0.4, -0.2) is 35.6 Å². The minimum absolute atomic E-state index is 0.0549. The lowest BCUT2D eigenvalue weighted by Crippen LogP contribution is -2.38. The van der Waals surface area contributed by atoms with Gasteiger partial charge in [-0.05, 0) is 42.5 Å². The van der Waals surface area contributed by atoms with Crippen LogP contribution in [0.4, 0.5) is 0 Å². The monoisotopic (exact) mass is 323 g/mol. The number of likely N-dealkylation sites (tertiary alicyclic amines) is 1. The molecule has 1 aliphatic heterocycles. The number of aliphatic hydroxyl groups excluding tert-OH is 1. The Kier molecular flexibility index (Phi) is 5.16. The minimum atomic E-state index is 0.0549. The van der Waals surface area contributed by atoms with Gasteiger partial charge in [0.05, 0.1) is 0 Å². The molecule has 2 rings (SSSR count). The number of nitrogens with zero attached hydrogens (tertiary/aromatic N) is 1. The molecule has 19 heavy (non-hydrogen) atoms. The summed E-state index contributed by atoms with van der Waals surface area (Å²) in [5, 5.41) is 9.07. The van der Waals surface area contributed by atoms with E-state index in [-0.39, 0.29) is 12.5 Å². The van der Waals surface area contributed by atoms with E-state index in [4.69, 9.17) is 5.11 Å². The zero-order chi connectivity index (χ0) is 13.7. The van der Waals surface area contributed by atoms with Crippen molar-refractivity contribution in [1.82, 2.24) is 4.90 Å². The Labute approximate surface area is 122 Å². The van der Waals surface area contributed by atoms with Crippen LogP contribution in [0.2, 0.25) is 0 Å². The summed E-state index contributed by atoms with van der Waals surface area (Å²) >= 11 is 3.38. The fraction of sp³-hybridized carbons (Fsp3) is 0.400. The summed E-state index contributed by atoms with van der Waals surface area (Å²) in [5.74, 6) is 0.416. The summed E-state index contributed by atoms with van der Waals surface area (Å²) in [7, 11) is 0. The van der Waals surface area contributed by atoms with Crippen molar-refractivity contribution < 1.29 is 9.90 Å². The molecular weight excluding hydrogens is 306 g/mol. The van der Waals surface area contributed by atoms with Crippen molar-refractivity contribution in [3.8, 4) is 0 Å². The van der Waals surface area contributed by atoms with Gasteiger partial charge >= 0.3 is 0 Å². The van der Waals surface area contributed by atoms with Crippen molar-refractivity contribution in [2.45, 2.75) is 12.8 Å². The second kappa shape index (κ2) is 6.87. The Hall–Kier alpha value is -1.13. The molecule has 0 unspecified atom stereocenters. The van der Waals surface area contributed by atoms with Crippen molar-refractivity contribution in [2.24, 2.45) is 5.92 Å². The van der Waals surface area contributed by atoms with Crippen LogP contribution in [0.3, 0.4) is 0 Å². The molecule has 4 heteroatoms. The van der Waals surface area contributed by atoms with E-state index in [0.29, 0.717) is 5.92 Å². The van der Waals surface area contributed by atoms with Crippen molar-refractivity contribution in [3.05, 3.63) is 40.4 Å². The van der Waals surface area contributed by atoms with E-state index in [1.165, 1.54) is 0 Å². The van der Waals surface area contributed by atoms with E-state index in [1.807, 2.05) is 35.2 Å². The standard InChI is InChI=1S/C15H18BrNO2/c16-14-4-1-12(2-5-14)3-6-15(19)17-9-7-13(11-18)8-10-17/h1-6,13,18H,7-11H2/b6-3+. The van der Waals surface area contributed by atoms with Gasteiger partial charge in [-0.25, -0.2) is 0 Å². The van der Waals surface area contributed by atoms with E-state index in [9.17, 15) is 4.79 Å².